The van der Waals surface area contributed by atoms with Crippen LogP contribution in [0.3, 0.4) is 0 Å². The number of nitrogens with two attached hydrogens (primary N) is 1. The Labute approximate surface area is 82.7 Å². The van der Waals surface area contributed by atoms with Crippen LogP contribution in [0, 0.1) is 5.92 Å². The molecule has 1 heteroatoms. The highest BCUT2D eigenvalue weighted by Crippen LogP contribution is 2.20. The second kappa shape index (κ2) is 5.23. The van der Waals surface area contributed by atoms with Gasteiger partial charge in [-0.1, -0.05) is 24.1 Å². The molecule has 0 aliphatic carbocycles. The molecule has 0 radical (unpaired) electrons. The summed E-state index contributed by atoms with van der Waals surface area (Å²) in [6.07, 6.45) is 2.27. The first-order valence-electron chi connectivity index (χ1n) is 4.94. The zero-order valence-corrected chi connectivity index (χ0v) is 9.81. The van der Waals surface area contributed by atoms with Gasteiger partial charge in [-0.15, -0.1) is 0 Å². The van der Waals surface area contributed by atoms with E-state index >= 15 is 0 Å². The van der Waals surface area contributed by atoms with Crippen LogP contribution in [0.5, 0.6) is 0 Å². The molecule has 0 rings (SSSR count). The van der Waals surface area contributed by atoms with E-state index in [4.69, 9.17) is 5.73 Å². The summed E-state index contributed by atoms with van der Waals surface area (Å²) < 4.78 is 0. The third-order valence-corrected chi connectivity index (χ3v) is 2.14. The second-order valence-corrected chi connectivity index (χ2v) is 4.28. The first-order chi connectivity index (χ1) is 5.86. The highest BCUT2D eigenvalue weighted by Gasteiger charge is 2.11. The number of allylic oxidation sites excluding steroid dienone is 3. The highest BCUT2D eigenvalue weighted by molar-refractivity contribution is 5.23. The van der Waals surface area contributed by atoms with E-state index in [0.717, 1.165) is 0 Å². The lowest BCUT2D eigenvalue weighted by molar-refractivity contribution is 0.708. The third kappa shape index (κ3) is 4.28. The van der Waals surface area contributed by atoms with Crippen molar-refractivity contribution >= 4 is 0 Å². The van der Waals surface area contributed by atoms with Gasteiger partial charge in [0.1, 0.15) is 0 Å². The second-order valence-electron chi connectivity index (χ2n) is 4.28. The van der Waals surface area contributed by atoms with Crippen LogP contribution < -0.4 is 5.73 Å². The predicted molar refractivity (Wildman–Crippen MR) is 60.6 cm³/mol. The van der Waals surface area contributed by atoms with E-state index in [1.807, 2.05) is 0 Å². The van der Waals surface area contributed by atoms with Gasteiger partial charge in [0, 0.05) is 6.04 Å². The van der Waals surface area contributed by atoms with Crippen molar-refractivity contribution in [1.29, 1.82) is 0 Å². The average molecular weight is 181 g/mol. The maximum absolute atomic E-state index is 5.93. The summed E-state index contributed by atoms with van der Waals surface area (Å²) in [4.78, 5) is 0. The van der Waals surface area contributed by atoms with E-state index in [-0.39, 0.29) is 6.04 Å². The molecule has 2 atom stereocenters. The molecule has 0 amide bonds. The molecule has 0 saturated carbocycles. The van der Waals surface area contributed by atoms with Crippen LogP contribution in [0.2, 0.25) is 0 Å². The predicted octanol–water partition coefficient (Wildman–Crippen LogP) is 3.27. The van der Waals surface area contributed by atoms with Crippen LogP contribution in [0.15, 0.2) is 22.8 Å². The van der Waals surface area contributed by atoms with Crippen molar-refractivity contribution in [1.82, 2.24) is 0 Å². The molecule has 0 aromatic rings. The largest absolute Gasteiger partial charge is 0.324 e. The molecule has 0 saturated heterocycles. The third-order valence-electron chi connectivity index (χ3n) is 2.14. The zero-order valence-electron chi connectivity index (χ0n) is 9.81. The Morgan fingerprint density at radius 3 is 1.77 bits per heavy atom. The molecule has 2 unspecified atom stereocenters. The average Bonchev–Trinajstić information content (AvgIpc) is 1.81. The monoisotopic (exact) mass is 181 g/mol. The molecular formula is C12H23N. The number of hydrogen-bond donors (Lipinski definition) is 1. The van der Waals surface area contributed by atoms with Gasteiger partial charge < -0.3 is 5.73 Å². The lowest BCUT2D eigenvalue weighted by atomic mass is 9.90. The molecule has 0 spiro atoms. The van der Waals surface area contributed by atoms with Gasteiger partial charge in [0.05, 0.1) is 0 Å². The van der Waals surface area contributed by atoms with Gasteiger partial charge in [0.15, 0.2) is 0 Å². The summed E-state index contributed by atoms with van der Waals surface area (Å²) in [5.41, 5.74) is 9.99. The van der Waals surface area contributed by atoms with Crippen LogP contribution in [-0.2, 0) is 0 Å². The van der Waals surface area contributed by atoms with Crippen molar-refractivity contribution in [2.24, 2.45) is 11.7 Å². The zero-order chi connectivity index (χ0) is 10.6. The minimum Gasteiger partial charge on any atom is -0.324 e. The summed E-state index contributed by atoms with van der Waals surface area (Å²) in [5, 5.41) is 0. The van der Waals surface area contributed by atoms with Crippen LogP contribution in [0.4, 0.5) is 0 Å². The molecule has 13 heavy (non-hydrogen) atoms. The number of hydrogen-bond acceptors (Lipinski definition) is 1. The fourth-order valence-electron chi connectivity index (χ4n) is 1.92. The quantitative estimate of drug-likeness (QED) is 0.664. The topological polar surface area (TPSA) is 26.0 Å². The molecule has 0 bridgehead atoms. The molecule has 0 aliphatic rings. The lowest BCUT2D eigenvalue weighted by Crippen LogP contribution is -2.22. The van der Waals surface area contributed by atoms with E-state index in [0.29, 0.717) is 5.92 Å². The summed E-state index contributed by atoms with van der Waals surface area (Å²) in [5.74, 6) is 0.468. The first kappa shape index (κ1) is 12.4. The molecule has 76 valence electrons. The normalized spacial score (nSPS) is 14.7. The van der Waals surface area contributed by atoms with Gasteiger partial charge in [-0.3, -0.25) is 0 Å². The Balaban J connectivity index is 4.80. The van der Waals surface area contributed by atoms with Gasteiger partial charge in [-0.25, -0.2) is 0 Å². The van der Waals surface area contributed by atoms with Crippen molar-refractivity contribution in [3.63, 3.8) is 0 Å². The standard InChI is InChI=1S/C12H23N/c1-8(2)7-10(5)12(9(3)4)11(6)13/h7,10-11H,13H2,1-6H3. The van der Waals surface area contributed by atoms with Crippen molar-refractivity contribution in [3.8, 4) is 0 Å². The van der Waals surface area contributed by atoms with Crippen molar-refractivity contribution in [3.05, 3.63) is 22.8 Å². The SMILES string of the molecule is CC(C)=CC(C)C(=C(C)C)C(C)N. The van der Waals surface area contributed by atoms with Gasteiger partial charge in [0.2, 0.25) is 0 Å². The van der Waals surface area contributed by atoms with E-state index in [1.54, 1.807) is 0 Å². The maximum Gasteiger partial charge on any atom is 0.0233 e. The Morgan fingerprint density at radius 1 is 1.08 bits per heavy atom. The van der Waals surface area contributed by atoms with Gasteiger partial charge >= 0.3 is 0 Å². The maximum atomic E-state index is 5.93. The van der Waals surface area contributed by atoms with Crippen molar-refractivity contribution in [2.45, 2.75) is 47.6 Å². The molecule has 0 aromatic heterocycles. The Morgan fingerprint density at radius 2 is 1.54 bits per heavy atom. The van der Waals surface area contributed by atoms with E-state index in [1.165, 1.54) is 16.7 Å². The van der Waals surface area contributed by atoms with E-state index in [2.05, 4.69) is 47.6 Å². The smallest absolute Gasteiger partial charge is 0.0233 e. The summed E-state index contributed by atoms with van der Waals surface area (Å²) in [6.45, 7) is 12.8. The van der Waals surface area contributed by atoms with Gasteiger partial charge in [0.25, 0.3) is 0 Å². The summed E-state index contributed by atoms with van der Waals surface area (Å²) >= 11 is 0. The fraction of sp³-hybridized carbons (Fsp3) is 0.667. The minimum absolute atomic E-state index is 0.163. The molecule has 0 fully saturated rings. The molecule has 0 aromatic carbocycles. The van der Waals surface area contributed by atoms with Crippen molar-refractivity contribution in [2.75, 3.05) is 0 Å². The van der Waals surface area contributed by atoms with Crippen molar-refractivity contribution < 1.29 is 0 Å². The Bertz CT molecular complexity index is 213. The first-order valence-corrected chi connectivity index (χ1v) is 4.94. The fourth-order valence-corrected chi connectivity index (χ4v) is 1.92. The molecule has 2 N–H and O–H groups in total. The van der Waals surface area contributed by atoms with Crippen LogP contribution >= 0.6 is 0 Å². The minimum atomic E-state index is 0.163. The molecule has 0 aliphatic heterocycles. The molecule has 1 nitrogen and oxygen atoms in total. The van der Waals surface area contributed by atoms with Crippen LogP contribution in [0.1, 0.15) is 41.5 Å². The van der Waals surface area contributed by atoms with E-state index < -0.39 is 0 Å². The molecular weight excluding hydrogens is 158 g/mol. The van der Waals surface area contributed by atoms with Crippen LogP contribution in [0.25, 0.3) is 0 Å². The Kier molecular flexibility index (Phi) is 5.01. The van der Waals surface area contributed by atoms with Gasteiger partial charge in [-0.2, -0.15) is 0 Å². The lowest BCUT2D eigenvalue weighted by Gasteiger charge is -2.19. The van der Waals surface area contributed by atoms with Gasteiger partial charge in [-0.05, 0) is 46.1 Å². The summed E-state index contributed by atoms with van der Waals surface area (Å²) in [6, 6.07) is 0.163. The highest BCUT2D eigenvalue weighted by atomic mass is 14.6. The Hall–Kier alpha value is -0.560. The molecule has 0 heterocycles. The van der Waals surface area contributed by atoms with E-state index in [9.17, 15) is 0 Å². The summed E-state index contributed by atoms with van der Waals surface area (Å²) in [7, 11) is 0. The number of rotatable bonds is 3. The van der Waals surface area contributed by atoms with Crippen LogP contribution in [-0.4, -0.2) is 6.04 Å².